The number of nitrogens with zero attached hydrogens (tertiary/aromatic N) is 2. The zero-order valence-corrected chi connectivity index (χ0v) is 13.7. The van der Waals surface area contributed by atoms with Gasteiger partial charge in [0.1, 0.15) is 29.3 Å². The monoisotopic (exact) mass is 332 g/mol. The Hall–Kier alpha value is -2.10. The van der Waals surface area contributed by atoms with Gasteiger partial charge in [0.05, 0.1) is 11.7 Å². The van der Waals surface area contributed by atoms with Gasteiger partial charge in [0.2, 0.25) is 0 Å². The highest BCUT2D eigenvalue weighted by Crippen LogP contribution is 2.24. The topological polar surface area (TPSA) is 66.1 Å². The normalized spacial score (nSPS) is 11.8. The van der Waals surface area contributed by atoms with Crippen LogP contribution in [0.2, 0.25) is 0 Å². The van der Waals surface area contributed by atoms with Crippen LogP contribution in [0.3, 0.4) is 0 Å². The summed E-state index contributed by atoms with van der Waals surface area (Å²) in [5.41, 5.74) is 2.24. The Labute approximate surface area is 138 Å². The molecule has 0 aliphatic carbocycles. The molecule has 1 unspecified atom stereocenters. The number of hydrogen-bond acceptors (Lipinski definition) is 5. The summed E-state index contributed by atoms with van der Waals surface area (Å²) in [6.07, 6.45) is -0.723. The number of pyridine rings is 1. The number of aryl methyl sites for hydroxylation is 2. The number of ether oxygens (including phenoxy) is 1. The first kappa shape index (κ1) is 17.3. The Balaban J connectivity index is 1.91. The van der Waals surface area contributed by atoms with E-state index in [0.717, 1.165) is 11.3 Å². The molecule has 1 atom stereocenters. The molecule has 1 aromatic carbocycles. The van der Waals surface area contributed by atoms with E-state index < -0.39 is 6.10 Å². The highest BCUT2D eigenvalue weighted by atomic mass is 32.2. The fourth-order valence-electron chi connectivity index (χ4n) is 1.99. The maximum absolute atomic E-state index is 12.8. The third kappa shape index (κ3) is 4.95. The maximum Gasteiger partial charge on any atom is 0.123 e. The summed E-state index contributed by atoms with van der Waals surface area (Å²) in [7, 11) is 0. The summed E-state index contributed by atoms with van der Waals surface area (Å²) in [4.78, 5) is 4.35. The van der Waals surface area contributed by atoms with Crippen molar-refractivity contribution in [3.8, 4) is 11.8 Å². The van der Waals surface area contributed by atoms with Crippen molar-refractivity contribution in [3.63, 3.8) is 0 Å². The maximum atomic E-state index is 12.8. The quantitative estimate of drug-likeness (QED) is 0.823. The Morgan fingerprint density at radius 1 is 1.35 bits per heavy atom. The van der Waals surface area contributed by atoms with E-state index in [-0.39, 0.29) is 12.4 Å². The number of thioether (sulfide) groups is 1. The Morgan fingerprint density at radius 2 is 2.04 bits per heavy atom. The lowest BCUT2D eigenvalue weighted by Crippen LogP contribution is -2.20. The van der Waals surface area contributed by atoms with Gasteiger partial charge in [-0.15, -0.1) is 11.8 Å². The van der Waals surface area contributed by atoms with E-state index in [0.29, 0.717) is 22.1 Å². The number of halogens is 1. The van der Waals surface area contributed by atoms with Crippen LogP contribution in [0, 0.1) is 31.0 Å². The van der Waals surface area contributed by atoms with Crippen LogP contribution in [0.5, 0.6) is 5.75 Å². The summed E-state index contributed by atoms with van der Waals surface area (Å²) >= 11 is 1.32. The fraction of sp³-hybridized carbons (Fsp3) is 0.294. The summed E-state index contributed by atoms with van der Waals surface area (Å²) in [5, 5.41) is 19.8. The van der Waals surface area contributed by atoms with E-state index in [4.69, 9.17) is 4.74 Å². The first-order valence-electron chi connectivity index (χ1n) is 7.07. The van der Waals surface area contributed by atoms with Crippen LogP contribution >= 0.6 is 11.8 Å². The van der Waals surface area contributed by atoms with Gasteiger partial charge < -0.3 is 9.84 Å². The van der Waals surface area contributed by atoms with E-state index in [9.17, 15) is 14.8 Å². The van der Waals surface area contributed by atoms with Gasteiger partial charge in [0, 0.05) is 11.4 Å². The second kappa shape index (κ2) is 7.95. The molecule has 0 fully saturated rings. The SMILES string of the molecule is Cc1cc(C)c(C#N)c(SCC(O)COc2ccc(F)cc2)n1. The van der Waals surface area contributed by atoms with Crippen LogP contribution < -0.4 is 4.74 Å². The first-order valence-corrected chi connectivity index (χ1v) is 8.05. The van der Waals surface area contributed by atoms with Crippen molar-refractivity contribution in [2.75, 3.05) is 12.4 Å². The smallest absolute Gasteiger partial charge is 0.123 e. The van der Waals surface area contributed by atoms with Gasteiger partial charge in [0.15, 0.2) is 0 Å². The highest BCUT2D eigenvalue weighted by Gasteiger charge is 2.12. The van der Waals surface area contributed by atoms with E-state index in [1.807, 2.05) is 19.9 Å². The third-order valence-corrected chi connectivity index (χ3v) is 4.21. The average molecular weight is 332 g/mol. The molecule has 23 heavy (non-hydrogen) atoms. The minimum Gasteiger partial charge on any atom is -0.491 e. The van der Waals surface area contributed by atoms with Crippen LogP contribution in [-0.4, -0.2) is 28.6 Å². The molecule has 0 aliphatic heterocycles. The summed E-state index contributed by atoms with van der Waals surface area (Å²) in [5.74, 6) is 0.516. The molecule has 6 heteroatoms. The minimum absolute atomic E-state index is 0.0886. The van der Waals surface area contributed by atoms with Crippen LogP contribution in [0.1, 0.15) is 16.8 Å². The molecule has 120 valence electrons. The molecule has 2 rings (SSSR count). The van der Waals surface area contributed by atoms with Gasteiger partial charge in [-0.3, -0.25) is 0 Å². The summed E-state index contributed by atoms with van der Waals surface area (Å²) < 4.78 is 18.2. The van der Waals surface area contributed by atoms with Crippen molar-refractivity contribution >= 4 is 11.8 Å². The number of aliphatic hydroxyl groups excluding tert-OH is 1. The molecule has 1 aromatic heterocycles. The van der Waals surface area contributed by atoms with Crippen LogP contribution in [0.4, 0.5) is 4.39 Å². The molecule has 0 spiro atoms. The molecule has 0 radical (unpaired) electrons. The van der Waals surface area contributed by atoms with Gasteiger partial charge in [0.25, 0.3) is 0 Å². The lowest BCUT2D eigenvalue weighted by atomic mass is 10.1. The van der Waals surface area contributed by atoms with Crippen LogP contribution in [-0.2, 0) is 0 Å². The summed E-state index contributed by atoms with van der Waals surface area (Å²) in [6, 6.07) is 9.62. The lowest BCUT2D eigenvalue weighted by Gasteiger charge is -2.13. The molecule has 0 aliphatic rings. The number of rotatable bonds is 6. The number of aromatic nitrogens is 1. The average Bonchev–Trinajstić information content (AvgIpc) is 2.52. The zero-order valence-electron chi connectivity index (χ0n) is 12.9. The molecule has 0 bridgehead atoms. The molecule has 0 saturated heterocycles. The third-order valence-electron chi connectivity index (χ3n) is 3.09. The first-order chi connectivity index (χ1) is 11.0. The number of nitriles is 1. The Kier molecular flexibility index (Phi) is 5.97. The molecule has 1 N–H and O–H groups in total. The second-order valence-corrected chi connectivity index (χ2v) is 6.11. The molecule has 1 heterocycles. The Morgan fingerprint density at radius 3 is 2.70 bits per heavy atom. The van der Waals surface area contributed by atoms with Crippen molar-refractivity contribution in [2.45, 2.75) is 25.0 Å². The van der Waals surface area contributed by atoms with E-state index >= 15 is 0 Å². The van der Waals surface area contributed by atoms with Crippen LogP contribution in [0.25, 0.3) is 0 Å². The molecule has 2 aromatic rings. The zero-order chi connectivity index (χ0) is 16.8. The second-order valence-electron chi connectivity index (χ2n) is 5.10. The molecular weight excluding hydrogens is 315 g/mol. The van der Waals surface area contributed by atoms with Gasteiger partial charge >= 0.3 is 0 Å². The Bertz CT molecular complexity index is 714. The van der Waals surface area contributed by atoms with Crippen molar-refractivity contribution in [1.82, 2.24) is 4.98 Å². The van der Waals surface area contributed by atoms with Gasteiger partial charge in [-0.1, -0.05) is 0 Å². The molecular formula is C17H17FN2O2S. The fourth-order valence-corrected chi connectivity index (χ4v) is 3.00. The number of hydrogen-bond donors (Lipinski definition) is 1. The molecule has 0 amide bonds. The molecule has 4 nitrogen and oxygen atoms in total. The predicted octanol–water partition coefficient (Wildman–Crippen LogP) is 3.24. The van der Waals surface area contributed by atoms with E-state index in [2.05, 4.69) is 11.1 Å². The summed E-state index contributed by atoms with van der Waals surface area (Å²) in [6.45, 7) is 3.82. The predicted molar refractivity (Wildman–Crippen MR) is 87.1 cm³/mol. The number of benzene rings is 1. The van der Waals surface area contributed by atoms with E-state index in [1.165, 1.54) is 36.0 Å². The van der Waals surface area contributed by atoms with Crippen molar-refractivity contribution in [1.29, 1.82) is 5.26 Å². The van der Waals surface area contributed by atoms with Gasteiger partial charge in [-0.2, -0.15) is 5.26 Å². The van der Waals surface area contributed by atoms with Crippen molar-refractivity contribution in [3.05, 3.63) is 53.0 Å². The van der Waals surface area contributed by atoms with Crippen molar-refractivity contribution in [2.24, 2.45) is 0 Å². The standard InChI is InChI=1S/C17H17FN2O2S/c1-11-7-12(2)20-17(16(11)8-19)23-10-14(21)9-22-15-5-3-13(18)4-6-15/h3-7,14,21H,9-10H2,1-2H3. The highest BCUT2D eigenvalue weighted by molar-refractivity contribution is 7.99. The van der Waals surface area contributed by atoms with Gasteiger partial charge in [-0.05, 0) is 49.7 Å². The van der Waals surface area contributed by atoms with Gasteiger partial charge in [-0.25, -0.2) is 9.37 Å². The lowest BCUT2D eigenvalue weighted by molar-refractivity contribution is 0.126. The van der Waals surface area contributed by atoms with Crippen molar-refractivity contribution < 1.29 is 14.2 Å². The minimum atomic E-state index is -0.723. The number of aliphatic hydroxyl groups is 1. The van der Waals surface area contributed by atoms with E-state index in [1.54, 1.807) is 0 Å². The van der Waals surface area contributed by atoms with Crippen LogP contribution in [0.15, 0.2) is 35.4 Å². The largest absolute Gasteiger partial charge is 0.491 e. The molecule has 0 saturated carbocycles.